The van der Waals surface area contributed by atoms with Gasteiger partial charge in [-0.05, 0) is 66.9 Å². The molecule has 0 amide bonds. The van der Waals surface area contributed by atoms with Crippen molar-refractivity contribution in [2.75, 3.05) is 12.1 Å². The summed E-state index contributed by atoms with van der Waals surface area (Å²) in [7, 11) is 0.664. The van der Waals surface area contributed by atoms with Crippen molar-refractivity contribution in [2.24, 2.45) is 5.10 Å². The quantitative estimate of drug-likeness (QED) is 0.234. The fourth-order valence-electron chi connectivity index (χ4n) is 3.70. The van der Waals surface area contributed by atoms with E-state index in [0.29, 0.717) is 14.3 Å². The van der Waals surface area contributed by atoms with Gasteiger partial charge in [-0.1, -0.05) is 68.6 Å². The highest BCUT2D eigenvalue weighted by atomic mass is 35.5. The Bertz CT molecular complexity index is 980. The van der Waals surface area contributed by atoms with Crippen molar-refractivity contribution in [3.8, 4) is 16.9 Å². The second-order valence-corrected chi connectivity index (χ2v) is 9.53. The molecule has 0 saturated heterocycles. The van der Waals surface area contributed by atoms with E-state index < -0.39 is 0 Å². The first-order valence-corrected chi connectivity index (χ1v) is 13.0. The average Bonchev–Trinajstić information content (AvgIpc) is 2.78. The predicted molar refractivity (Wildman–Crippen MR) is 138 cm³/mol. The molecule has 2 aromatic rings. The molecule has 2 unspecified atom stereocenters. The minimum atomic E-state index is 0.195. The number of aryl methyl sites for hydroxylation is 2. The van der Waals surface area contributed by atoms with Crippen LogP contribution in [0.1, 0.15) is 44.2 Å². The maximum absolute atomic E-state index is 11.1. The lowest BCUT2D eigenvalue weighted by Crippen LogP contribution is -2.15. The van der Waals surface area contributed by atoms with Gasteiger partial charge in [0.05, 0.1) is 11.4 Å². The third-order valence-corrected chi connectivity index (χ3v) is 6.80. The average molecular weight is 455 g/mol. The highest BCUT2D eigenvalue weighted by molar-refractivity contribution is 7.39. The fourth-order valence-corrected chi connectivity index (χ4v) is 4.79. The van der Waals surface area contributed by atoms with Crippen LogP contribution in [-0.2, 0) is 12.8 Å². The Morgan fingerprint density at radius 3 is 2.48 bits per heavy atom. The summed E-state index contributed by atoms with van der Waals surface area (Å²) < 4.78 is 0. The summed E-state index contributed by atoms with van der Waals surface area (Å²) in [5.74, 6) is 0.233. The topological polar surface area (TPSA) is 44.6 Å². The number of hydrogen-bond donors (Lipinski definition) is 2. The molecule has 3 rings (SSSR count). The molecular formula is C26H32ClN2OP. The summed E-state index contributed by atoms with van der Waals surface area (Å²) in [5.41, 5.74) is 9.28. The molecule has 3 nitrogen and oxygen atoms in total. The number of anilines is 1. The van der Waals surface area contributed by atoms with Crippen LogP contribution in [0.3, 0.4) is 0 Å². The van der Waals surface area contributed by atoms with Crippen LogP contribution in [0, 0.1) is 0 Å². The number of benzene rings is 2. The number of aromatic hydroxyl groups is 1. The summed E-state index contributed by atoms with van der Waals surface area (Å²) >= 11 is 6.15. The third-order valence-electron chi connectivity index (χ3n) is 5.47. The Morgan fingerprint density at radius 2 is 1.81 bits per heavy atom. The van der Waals surface area contributed by atoms with E-state index >= 15 is 0 Å². The van der Waals surface area contributed by atoms with E-state index in [1.807, 2.05) is 24.3 Å². The van der Waals surface area contributed by atoms with Gasteiger partial charge in [-0.15, -0.1) is 8.58 Å². The summed E-state index contributed by atoms with van der Waals surface area (Å²) in [6.07, 6.45) is 11.2. The second-order valence-electron chi connectivity index (χ2n) is 7.89. The maximum atomic E-state index is 11.1. The Morgan fingerprint density at radius 1 is 1.03 bits per heavy atom. The zero-order valence-electron chi connectivity index (χ0n) is 18.6. The molecule has 0 bridgehead atoms. The summed E-state index contributed by atoms with van der Waals surface area (Å²) in [5, 5.41) is 16.4. The highest BCUT2D eigenvalue weighted by Crippen LogP contribution is 2.38. The third kappa shape index (κ3) is 6.21. The molecule has 0 heterocycles. The Balaban J connectivity index is 1.95. The molecule has 2 atom stereocenters. The lowest BCUT2D eigenvalue weighted by molar-refractivity contribution is 0.479. The van der Waals surface area contributed by atoms with Crippen LogP contribution < -0.4 is 5.43 Å². The minimum absolute atomic E-state index is 0.195. The maximum Gasteiger partial charge on any atom is 0.148 e. The first-order valence-electron chi connectivity index (χ1n) is 11.1. The van der Waals surface area contributed by atoms with Gasteiger partial charge in [0.25, 0.3) is 0 Å². The lowest BCUT2D eigenvalue weighted by Gasteiger charge is -2.17. The number of rotatable bonds is 9. The van der Waals surface area contributed by atoms with E-state index in [1.165, 1.54) is 11.1 Å². The van der Waals surface area contributed by atoms with Crippen LogP contribution in [0.4, 0.5) is 5.69 Å². The molecule has 31 heavy (non-hydrogen) atoms. The molecule has 1 aliphatic rings. The standard InChI is InChI=1S/C26H32ClN2OP/c1-4-6-8-19-15-22(20-11-9-18(7-5-2)10-12-20)26(30)24(16-19)29-28-23-14-13-21(27)17-25(23)31-3/h9-17,25,29-31H,4-8H2,1-3H3/b28-23-. The summed E-state index contributed by atoms with van der Waals surface area (Å²) in [6.45, 7) is 6.52. The largest absolute Gasteiger partial charge is 0.505 e. The molecule has 0 saturated carbocycles. The predicted octanol–water partition coefficient (Wildman–Crippen LogP) is 7.49. The molecule has 2 N–H and O–H groups in total. The number of hydrazone groups is 1. The number of phenolic OH excluding ortho intramolecular Hbond substituents is 1. The highest BCUT2D eigenvalue weighted by Gasteiger charge is 2.16. The normalized spacial score (nSPS) is 17.5. The van der Waals surface area contributed by atoms with Crippen LogP contribution in [0.15, 0.2) is 64.8 Å². The van der Waals surface area contributed by atoms with Crippen molar-refractivity contribution in [2.45, 2.75) is 51.6 Å². The number of hydrogen-bond acceptors (Lipinski definition) is 3. The molecule has 0 fully saturated rings. The number of halogens is 1. The van der Waals surface area contributed by atoms with Crippen molar-refractivity contribution in [3.63, 3.8) is 0 Å². The number of phenols is 1. The first kappa shape index (κ1) is 23.6. The minimum Gasteiger partial charge on any atom is -0.505 e. The molecule has 5 heteroatoms. The lowest BCUT2D eigenvalue weighted by atomic mass is 9.97. The van der Waals surface area contributed by atoms with Crippen molar-refractivity contribution in [1.29, 1.82) is 0 Å². The van der Waals surface area contributed by atoms with Gasteiger partial charge in [-0.25, -0.2) is 0 Å². The number of unbranched alkanes of at least 4 members (excludes halogenated alkanes) is 1. The van der Waals surface area contributed by atoms with Gasteiger partial charge < -0.3 is 5.11 Å². The number of allylic oxidation sites excluding steroid dienone is 4. The monoisotopic (exact) mass is 454 g/mol. The van der Waals surface area contributed by atoms with Crippen molar-refractivity contribution in [1.82, 2.24) is 0 Å². The van der Waals surface area contributed by atoms with E-state index in [1.54, 1.807) is 0 Å². The second kappa shape index (κ2) is 11.5. The molecule has 0 aliphatic heterocycles. The van der Waals surface area contributed by atoms with Crippen LogP contribution in [0.2, 0.25) is 0 Å². The number of nitrogens with zero attached hydrogens (tertiary/aromatic N) is 1. The fraction of sp³-hybridized carbons (Fsp3) is 0.346. The smallest absolute Gasteiger partial charge is 0.148 e. The van der Waals surface area contributed by atoms with Gasteiger partial charge in [0, 0.05) is 16.3 Å². The molecule has 2 aromatic carbocycles. The molecule has 1 aliphatic carbocycles. The number of nitrogens with one attached hydrogen (secondary N) is 1. The first-order chi connectivity index (χ1) is 15.0. The van der Waals surface area contributed by atoms with E-state index in [0.717, 1.165) is 54.0 Å². The molecule has 0 radical (unpaired) electrons. The molecule has 0 aromatic heterocycles. The van der Waals surface area contributed by atoms with Crippen LogP contribution >= 0.6 is 20.2 Å². The Hall–Kier alpha value is -2.09. The molecule has 0 spiro atoms. The summed E-state index contributed by atoms with van der Waals surface area (Å²) in [6, 6.07) is 12.6. The van der Waals surface area contributed by atoms with Gasteiger partial charge in [-0.3, -0.25) is 5.43 Å². The summed E-state index contributed by atoms with van der Waals surface area (Å²) in [4.78, 5) is 0. The van der Waals surface area contributed by atoms with E-state index in [-0.39, 0.29) is 11.4 Å². The zero-order valence-corrected chi connectivity index (χ0v) is 20.3. The van der Waals surface area contributed by atoms with Crippen LogP contribution in [0.25, 0.3) is 11.1 Å². The Kier molecular flexibility index (Phi) is 8.75. The van der Waals surface area contributed by atoms with E-state index in [2.05, 4.69) is 61.4 Å². The van der Waals surface area contributed by atoms with Crippen molar-refractivity contribution < 1.29 is 5.11 Å². The van der Waals surface area contributed by atoms with Crippen LogP contribution in [0.5, 0.6) is 5.75 Å². The van der Waals surface area contributed by atoms with E-state index in [4.69, 9.17) is 11.6 Å². The Labute approximate surface area is 193 Å². The van der Waals surface area contributed by atoms with Gasteiger partial charge in [0.2, 0.25) is 0 Å². The van der Waals surface area contributed by atoms with Crippen LogP contribution in [-0.4, -0.2) is 23.1 Å². The van der Waals surface area contributed by atoms with Gasteiger partial charge in [0.15, 0.2) is 0 Å². The van der Waals surface area contributed by atoms with Crippen molar-refractivity contribution in [3.05, 3.63) is 70.8 Å². The van der Waals surface area contributed by atoms with E-state index in [9.17, 15) is 5.11 Å². The van der Waals surface area contributed by atoms with Gasteiger partial charge >= 0.3 is 0 Å². The SMILES string of the molecule is CCCCc1cc(N/N=C2/C=CC(Cl)=CC2PC)c(O)c(-c2ccc(CCC)cc2)c1. The molecule has 164 valence electrons. The molecular weight excluding hydrogens is 423 g/mol. The van der Waals surface area contributed by atoms with Gasteiger partial charge in [0.1, 0.15) is 5.75 Å². The van der Waals surface area contributed by atoms with Gasteiger partial charge in [-0.2, -0.15) is 5.10 Å². The zero-order chi connectivity index (χ0) is 22.2. The van der Waals surface area contributed by atoms with Crippen molar-refractivity contribution >= 4 is 31.6 Å².